The molecule has 0 unspecified atom stereocenters. The second-order valence-electron chi connectivity index (χ2n) is 3.94. The SMILES string of the molecule is COCc1cc(C(=O)NCC(F)F)cc(S(N)(=O)=O)c1. The molecule has 9 heteroatoms. The van der Waals surface area contributed by atoms with E-state index in [9.17, 15) is 22.0 Å². The van der Waals surface area contributed by atoms with Gasteiger partial charge in [-0.3, -0.25) is 4.79 Å². The van der Waals surface area contributed by atoms with Gasteiger partial charge < -0.3 is 10.1 Å². The van der Waals surface area contributed by atoms with Crippen molar-refractivity contribution < 1.29 is 26.7 Å². The number of primary sulfonamides is 1. The summed E-state index contributed by atoms with van der Waals surface area (Å²) in [6.07, 6.45) is -2.70. The molecule has 0 aliphatic rings. The number of benzene rings is 1. The van der Waals surface area contributed by atoms with Crippen LogP contribution in [0.15, 0.2) is 23.1 Å². The Hall–Kier alpha value is -1.58. The predicted octanol–water partition coefficient (Wildman–Crippen LogP) is 0.475. The number of hydrogen-bond donors (Lipinski definition) is 2. The molecule has 1 rings (SSSR count). The molecular formula is C11H14F2N2O4S. The summed E-state index contributed by atoms with van der Waals surface area (Å²) < 4.78 is 51.5. The third-order valence-corrected chi connectivity index (χ3v) is 3.18. The van der Waals surface area contributed by atoms with Crippen molar-refractivity contribution in [1.82, 2.24) is 5.32 Å². The zero-order valence-corrected chi connectivity index (χ0v) is 11.4. The maximum Gasteiger partial charge on any atom is 0.255 e. The van der Waals surface area contributed by atoms with Crippen LogP contribution in [0.1, 0.15) is 15.9 Å². The molecule has 0 aromatic heterocycles. The molecule has 6 nitrogen and oxygen atoms in total. The number of rotatable bonds is 6. The van der Waals surface area contributed by atoms with Crippen LogP contribution in [-0.2, 0) is 21.4 Å². The highest BCUT2D eigenvalue weighted by Gasteiger charge is 2.15. The normalized spacial score (nSPS) is 11.7. The molecule has 20 heavy (non-hydrogen) atoms. The van der Waals surface area contributed by atoms with Crippen LogP contribution in [0.25, 0.3) is 0 Å². The Balaban J connectivity index is 3.12. The number of carbonyl (C=O) groups excluding carboxylic acids is 1. The lowest BCUT2D eigenvalue weighted by Crippen LogP contribution is -2.28. The predicted molar refractivity (Wildman–Crippen MR) is 66.9 cm³/mol. The van der Waals surface area contributed by atoms with Crippen LogP contribution >= 0.6 is 0 Å². The Bertz CT molecular complexity index is 590. The van der Waals surface area contributed by atoms with Crippen molar-refractivity contribution in [1.29, 1.82) is 0 Å². The number of nitrogens with two attached hydrogens (primary N) is 1. The molecule has 0 saturated carbocycles. The highest BCUT2D eigenvalue weighted by molar-refractivity contribution is 7.89. The summed E-state index contributed by atoms with van der Waals surface area (Å²) in [5, 5.41) is 6.97. The molecule has 0 aliphatic heterocycles. The number of carbonyl (C=O) groups is 1. The summed E-state index contributed by atoms with van der Waals surface area (Å²) in [5.74, 6) is -0.812. The van der Waals surface area contributed by atoms with Crippen molar-refractivity contribution in [3.05, 3.63) is 29.3 Å². The number of methoxy groups -OCH3 is 1. The maximum atomic E-state index is 12.0. The van der Waals surface area contributed by atoms with Crippen LogP contribution < -0.4 is 10.5 Å². The van der Waals surface area contributed by atoms with Gasteiger partial charge in [0, 0.05) is 12.7 Å². The average molecular weight is 308 g/mol. The van der Waals surface area contributed by atoms with Crippen molar-refractivity contribution in [3.63, 3.8) is 0 Å². The number of halogens is 2. The van der Waals surface area contributed by atoms with Gasteiger partial charge in [0.2, 0.25) is 10.0 Å². The second-order valence-corrected chi connectivity index (χ2v) is 5.51. The third kappa shape index (κ3) is 4.83. The molecule has 1 aromatic carbocycles. The third-order valence-electron chi connectivity index (χ3n) is 2.28. The topological polar surface area (TPSA) is 98.5 Å². The lowest BCUT2D eigenvalue weighted by Gasteiger charge is -2.09. The Morgan fingerprint density at radius 1 is 1.40 bits per heavy atom. The van der Waals surface area contributed by atoms with Crippen LogP contribution in [0.3, 0.4) is 0 Å². The smallest absolute Gasteiger partial charge is 0.255 e. The van der Waals surface area contributed by atoms with Crippen molar-refractivity contribution in [2.45, 2.75) is 17.9 Å². The Morgan fingerprint density at radius 2 is 2.05 bits per heavy atom. The monoisotopic (exact) mass is 308 g/mol. The molecule has 1 aromatic rings. The van der Waals surface area contributed by atoms with Crippen LogP contribution in [0.4, 0.5) is 8.78 Å². The molecule has 0 saturated heterocycles. The number of ether oxygens (including phenoxy) is 1. The van der Waals surface area contributed by atoms with Crippen LogP contribution in [0.2, 0.25) is 0 Å². The fraction of sp³-hybridized carbons (Fsp3) is 0.364. The number of hydrogen-bond acceptors (Lipinski definition) is 4. The minimum absolute atomic E-state index is 0.0541. The molecular weight excluding hydrogens is 294 g/mol. The van der Waals surface area contributed by atoms with E-state index in [4.69, 9.17) is 9.88 Å². The summed E-state index contributed by atoms with van der Waals surface area (Å²) in [5.41, 5.74) is 0.311. The molecule has 0 radical (unpaired) electrons. The van der Waals surface area contributed by atoms with Gasteiger partial charge >= 0.3 is 0 Å². The zero-order valence-electron chi connectivity index (χ0n) is 10.6. The van der Waals surface area contributed by atoms with Gasteiger partial charge in [0.1, 0.15) is 0 Å². The maximum absolute atomic E-state index is 12.0. The van der Waals surface area contributed by atoms with Gasteiger partial charge in [0.05, 0.1) is 18.0 Å². The molecule has 0 heterocycles. The quantitative estimate of drug-likeness (QED) is 0.798. The molecule has 0 bridgehead atoms. The van der Waals surface area contributed by atoms with Crippen LogP contribution in [0.5, 0.6) is 0 Å². The zero-order chi connectivity index (χ0) is 15.3. The van der Waals surface area contributed by atoms with Crippen molar-refractivity contribution in [2.75, 3.05) is 13.7 Å². The van der Waals surface area contributed by atoms with E-state index < -0.39 is 28.9 Å². The van der Waals surface area contributed by atoms with Crippen molar-refractivity contribution >= 4 is 15.9 Å². The van der Waals surface area contributed by atoms with E-state index in [2.05, 4.69) is 0 Å². The summed E-state index contributed by atoms with van der Waals surface area (Å²) in [7, 11) is -2.63. The van der Waals surface area contributed by atoms with Gasteiger partial charge in [-0.25, -0.2) is 22.3 Å². The van der Waals surface area contributed by atoms with Gasteiger partial charge in [-0.2, -0.15) is 0 Å². The van der Waals surface area contributed by atoms with E-state index >= 15 is 0 Å². The van der Waals surface area contributed by atoms with E-state index in [-0.39, 0.29) is 17.1 Å². The van der Waals surface area contributed by atoms with E-state index in [0.717, 1.165) is 6.07 Å². The Morgan fingerprint density at radius 3 is 2.55 bits per heavy atom. The van der Waals surface area contributed by atoms with E-state index in [1.54, 1.807) is 0 Å². The molecule has 0 spiro atoms. The lowest BCUT2D eigenvalue weighted by molar-refractivity contribution is 0.0891. The van der Waals surface area contributed by atoms with E-state index in [1.807, 2.05) is 5.32 Å². The fourth-order valence-corrected chi connectivity index (χ4v) is 2.08. The number of sulfonamides is 1. The molecule has 3 N–H and O–H groups in total. The van der Waals surface area contributed by atoms with Gasteiger partial charge in [0.15, 0.2) is 0 Å². The molecule has 0 aliphatic carbocycles. The summed E-state index contributed by atoms with van der Waals surface area (Å²) >= 11 is 0. The number of nitrogens with one attached hydrogen (secondary N) is 1. The summed E-state index contributed by atoms with van der Waals surface area (Å²) in [6, 6.07) is 3.62. The highest BCUT2D eigenvalue weighted by Crippen LogP contribution is 2.15. The second kappa shape index (κ2) is 6.73. The van der Waals surface area contributed by atoms with Gasteiger partial charge in [-0.15, -0.1) is 0 Å². The average Bonchev–Trinajstić information content (AvgIpc) is 2.34. The first-order valence-electron chi connectivity index (χ1n) is 5.46. The van der Waals surface area contributed by atoms with Gasteiger partial charge in [0.25, 0.3) is 12.3 Å². The minimum atomic E-state index is -4.01. The minimum Gasteiger partial charge on any atom is -0.380 e. The molecule has 0 fully saturated rings. The summed E-state index contributed by atoms with van der Waals surface area (Å²) in [4.78, 5) is 11.4. The largest absolute Gasteiger partial charge is 0.380 e. The Kier molecular flexibility index (Phi) is 5.54. The number of alkyl halides is 2. The number of amides is 1. The van der Waals surface area contributed by atoms with Crippen molar-refractivity contribution in [3.8, 4) is 0 Å². The fourth-order valence-electron chi connectivity index (χ4n) is 1.48. The first-order valence-corrected chi connectivity index (χ1v) is 7.00. The van der Waals surface area contributed by atoms with Crippen LogP contribution in [0, 0.1) is 0 Å². The van der Waals surface area contributed by atoms with Gasteiger partial charge in [-0.05, 0) is 23.8 Å². The van der Waals surface area contributed by atoms with Crippen molar-refractivity contribution in [2.24, 2.45) is 5.14 Å². The lowest BCUT2D eigenvalue weighted by atomic mass is 10.1. The van der Waals surface area contributed by atoms with Gasteiger partial charge in [-0.1, -0.05) is 0 Å². The first kappa shape index (κ1) is 16.5. The molecule has 1 amide bonds. The summed E-state index contributed by atoms with van der Waals surface area (Å²) in [6.45, 7) is -0.767. The van der Waals surface area contributed by atoms with E-state index in [1.165, 1.54) is 19.2 Å². The molecule has 0 atom stereocenters. The standard InChI is InChI=1S/C11H14F2N2O4S/c1-19-6-7-2-8(11(16)15-5-10(12)13)4-9(3-7)20(14,17)18/h2-4,10H,5-6H2,1H3,(H,15,16)(H2,14,17,18). The van der Waals surface area contributed by atoms with Crippen LogP contribution in [-0.4, -0.2) is 34.4 Å². The Labute approximate surface area is 115 Å². The van der Waals surface area contributed by atoms with E-state index in [0.29, 0.717) is 5.56 Å². The first-order chi connectivity index (χ1) is 9.24. The molecule has 112 valence electrons. The highest BCUT2D eigenvalue weighted by atomic mass is 32.2.